The van der Waals surface area contributed by atoms with E-state index in [1.807, 2.05) is 48.5 Å². The summed E-state index contributed by atoms with van der Waals surface area (Å²) < 4.78 is 11.1. The van der Waals surface area contributed by atoms with Crippen LogP contribution in [0.4, 0.5) is 5.69 Å². The van der Waals surface area contributed by atoms with Gasteiger partial charge in [0, 0.05) is 43.7 Å². The Morgan fingerprint density at radius 3 is 2.33 bits per heavy atom. The number of fused-ring (bicyclic) bond motifs is 2. The van der Waals surface area contributed by atoms with Crippen LogP contribution in [-0.2, 0) is 25.6 Å². The summed E-state index contributed by atoms with van der Waals surface area (Å²) in [6.45, 7) is 9.98. The molecular formula is C30H38N2O4. The van der Waals surface area contributed by atoms with Gasteiger partial charge in [0.2, 0.25) is 11.8 Å². The lowest BCUT2D eigenvalue weighted by Gasteiger charge is -2.26. The zero-order chi connectivity index (χ0) is 25.8. The zero-order valence-electron chi connectivity index (χ0n) is 21.8. The normalized spacial score (nSPS) is 12.5. The predicted octanol–water partition coefficient (Wildman–Crippen LogP) is 4.69. The lowest BCUT2D eigenvalue weighted by atomic mass is 9.93. The molecule has 0 bridgehead atoms. The molecule has 6 nitrogen and oxygen atoms in total. The molecule has 1 aliphatic heterocycles. The Bertz CT molecular complexity index is 1080. The molecule has 0 spiro atoms. The first-order valence-corrected chi connectivity index (χ1v) is 12.7. The van der Waals surface area contributed by atoms with E-state index in [2.05, 4.69) is 37.9 Å². The molecule has 3 rings (SSSR count). The Hall–Kier alpha value is -3.14. The highest BCUT2D eigenvalue weighted by Crippen LogP contribution is 2.26. The minimum Gasteiger partial charge on any atom is -0.379 e. The molecule has 36 heavy (non-hydrogen) atoms. The number of hydrogen-bond donors (Lipinski definition) is 1. The van der Waals surface area contributed by atoms with Gasteiger partial charge in [-0.1, -0.05) is 62.9 Å². The fourth-order valence-electron chi connectivity index (χ4n) is 3.75. The Labute approximate surface area is 215 Å². The third-order valence-corrected chi connectivity index (χ3v) is 5.90. The number of rotatable bonds is 12. The van der Waals surface area contributed by atoms with Crippen LogP contribution in [0, 0.1) is 17.3 Å². The summed E-state index contributed by atoms with van der Waals surface area (Å²) in [5, 5.41) is 2.88. The van der Waals surface area contributed by atoms with Crippen molar-refractivity contribution >= 4 is 17.5 Å². The average molecular weight is 491 g/mol. The summed E-state index contributed by atoms with van der Waals surface area (Å²) in [5.41, 5.74) is 3.78. The van der Waals surface area contributed by atoms with E-state index >= 15 is 0 Å². The predicted molar refractivity (Wildman–Crippen MR) is 143 cm³/mol. The third-order valence-electron chi connectivity index (χ3n) is 5.90. The second-order valence-electron chi connectivity index (χ2n) is 10.1. The van der Waals surface area contributed by atoms with E-state index in [4.69, 9.17) is 9.47 Å². The number of carbonyl (C=O) groups is 2. The number of nitrogens with zero attached hydrogens (tertiary/aromatic N) is 1. The van der Waals surface area contributed by atoms with Gasteiger partial charge in [0.05, 0.1) is 25.4 Å². The van der Waals surface area contributed by atoms with Gasteiger partial charge in [-0.25, -0.2) is 0 Å². The van der Waals surface area contributed by atoms with Crippen LogP contribution in [0.15, 0.2) is 48.5 Å². The molecule has 2 aromatic carbocycles. The molecule has 0 atom stereocenters. The fraction of sp³-hybridized carbons (Fsp3) is 0.467. The fourth-order valence-corrected chi connectivity index (χ4v) is 3.75. The molecule has 2 amide bonds. The van der Waals surface area contributed by atoms with E-state index in [-0.39, 0.29) is 30.1 Å². The molecule has 1 heterocycles. The Morgan fingerprint density at radius 2 is 1.56 bits per heavy atom. The molecule has 2 aromatic rings. The third kappa shape index (κ3) is 9.14. The first kappa shape index (κ1) is 27.4. The van der Waals surface area contributed by atoms with Gasteiger partial charge in [0.1, 0.15) is 0 Å². The van der Waals surface area contributed by atoms with Gasteiger partial charge < -0.3 is 19.7 Å². The van der Waals surface area contributed by atoms with Crippen molar-refractivity contribution in [3.63, 3.8) is 0 Å². The van der Waals surface area contributed by atoms with Crippen LogP contribution in [0.25, 0.3) is 0 Å². The van der Waals surface area contributed by atoms with Gasteiger partial charge in [-0.15, -0.1) is 0 Å². The SMILES string of the molecule is CC(C)(C)CCOCCOCCCNC(=O)CCC(=O)N1Cc2ccccc2C#Cc2ccccc21. The molecule has 1 aliphatic rings. The molecule has 192 valence electrons. The second-order valence-corrected chi connectivity index (χ2v) is 10.1. The van der Waals surface area contributed by atoms with Gasteiger partial charge in [0.25, 0.3) is 0 Å². The second kappa shape index (κ2) is 13.8. The minimum atomic E-state index is -0.130. The standard InChI is InChI=1S/C30H38N2O4/c1-30(2,3)17-20-36-22-21-35-19-8-18-31-28(33)15-16-29(34)32-23-26-11-5-4-9-24(26)13-14-25-10-6-7-12-27(25)32/h4-7,9-12H,8,15-23H2,1-3H3,(H,31,33). The molecule has 0 saturated carbocycles. The molecule has 6 heteroatoms. The zero-order valence-corrected chi connectivity index (χ0v) is 21.8. The van der Waals surface area contributed by atoms with E-state index in [0.29, 0.717) is 32.9 Å². The Morgan fingerprint density at radius 1 is 0.889 bits per heavy atom. The number of amides is 2. The number of hydrogen-bond acceptors (Lipinski definition) is 4. The number of ether oxygens (including phenoxy) is 2. The maximum absolute atomic E-state index is 13.2. The van der Waals surface area contributed by atoms with Crippen LogP contribution in [0.2, 0.25) is 0 Å². The van der Waals surface area contributed by atoms with Crippen molar-refractivity contribution in [1.82, 2.24) is 5.32 Å². The van der Waals surface area contributed by atoms with Crippen LogP contribution in [-0.4, -0.2) is 44.8 Å². The molecular weight excluding hydrogens is 452 g/mol. The largest absolute Gasteiger partial charge is 0.379 e. The van der Waals surface area contributed by atoms with Crippen LogP contribution < -0.4 is 10.2 Å². The number of para-hydroxylation sites is 1. The summed E-state index contributed by atoms with van der Waals surface area (Å²) >= 11 is 0. The summed E-state index contributed by atoms with van der Waals surface area (Å²) in [6, 6.07) is 15.5. The maximum Gasteiger partial charge on any atom is 0.227 e. The van der Waals surface area contributed by atoms with Gasteiger partial charge in [-0.05, 0) is 42.0 Å². The molecule has 1 N–H and O–H groups in total. The lowest BCUT2D eigenvalue weighted by Crippen LogP contribution is -2.33. The molecule has 0 unspecified atom stereocenters. The van der Waals surface area contributed by atoms with Crippen molar-refractivity contribution < 1.29 is 19.1 Å². The molecule has 0 aliphatic carbocycles. The van der Waals surface area contributed by atoms with Crippen molar-refractivity contribution in [3.8, 4) is 11.8 Å². The first-order chi connectivity index (χ1) is 17.3. The van der Waals surface area contributed by atoms with Crippen LogP contribution >= 0.6 is 0 Å². The smallest absolute Gasteiger partial charge is 0.227 e. The van der Waals surface area contributed by atoms with Crippen molar-refractivity contribution in [3.05, 3.63) is 65.2 Å². The summed E-state index contributed by atoms with van der Waals surface area (Å²) in [7, 11) is 0. The van der Waals surface area contributed by atoms with Gasteiger partial charge >= 0.3 is 0 Å². The maximum atomic E-state index is 13.2. The van der Waals surface area contributed by atoms with Gasteiger partial charge in [0.15, 0.2) is 0 Å². The van der Waals surface area contributed by atoms with E-state index < -0.39 is 0 Å². The number of nitrogens with one attached hydrogen (secondary N) is 1. The van der Waals surface area contributed by atoms with Crippen molar-refractivity contribution in [1.29, 1.82) is 0 Å². The van der Waals surface area contributed by atoms with E-state index in [0.717, 1.165) is 41.8 Å². The Kier molecular flexibility index (Phi) is 10.5. The summed E-state index contributed by atoms with van der Waals surface area (Å²) in [5.74, 6) is 6.19. The highest BCUT2D eigenvalue weighted by molar-refractivity contribution is 5.96. The molecule has 0 fully saturated rings. The number of benzene rings is 2. The Balaban J connectivity index is 1.38. The number of carbonyl (C=O) groups excluding carboxylic acids is 2. The van der Waals surface area contributed by atoms with Crippen LogP contribution in [0.5, 0.6) is 0 Å². The van der Waals surface area contributed by atoms with Crippen LogP contribution in [0.3, 0.4) is 0 Å². The van der Waals surface area contributed by atoms with E-state index in [1.54, 1.807) is 4.90 Å². The first-order valence-electron chi connectivity index (χ1n) is 12.7. The average Bonchev–Trinajstić information content (AvgIpc) is 2.84. The van der Waals surface area contributed by atoms with E-state index in [1.165, 1.54) is 0 Å². The highest BCUT2D eigenvalue weighted by atomic mass is 16.5. The topological polar surface area (TPSA) is 67.9 Å². The highest BCUT2D eigenvalue weighted by Gasteiger charge is 2.21. The summed E-state index contributed by atoms with van der Waals surface area (Å²) in [4.78, 5) is 27.2. The van der Waals surface area contributed by atoms with Crippen LogP contribution in [0.1, 0.15) is 63.1 Å². The lowest BCUT2D eigenvalue weighted by molar-refractivity contribution is -0.125. The molecule has 0 aromatic heterocycles. The van der Waals surface area contributed by atoms with Gasteiger partial charge in [-0.2, -0.15) is 0 Å². The monoisotopic (exact) mass is 490 g/mol. The van der Waals surface area contributed by atoms with E-state index in [9.17, 15) is 9.59 Å². The van der Waals surface area contributed by atoms with Crippen molar-refractivity contribution in [2.45, 2.75) is 53.0 Å². The van der Waals surface area contributed by atoms with Crippen molar-refractivity contribution in [2.75, 3.05) is 37.9 Å². The molecule has 0 saturated heterocycles. The summed E-state index contributed by atoms with van der Waals surface area (Å²) in [6.07, 6.45) is 2.02. The van der Waals surface area contributed by atoms with Crippen molar-refractivity contribution in [2.24, 2.45) is 5.41 Å². The minimum absolute atomic E-state index is 0.0918. The molecule has 0 radical (unpaired) electrons. The number of anilines is 1. The quantitative estimate of drug-likeness (QED) is 0.346. The van der Waals surface area contributed by atoms with Gasteiger partial charge in [-0.3, -0.25) is 9.59 Å².